The highest BCUT2D eigenvalue weighted by Crippen LogP contribution is 2.33. The number of aryl methyl sites for hydroxylation is 4. The standard InChI is InChI=1S/C26H26O3P/c1-15-10-9-11-16(2)23(15)25(27)21-12-7-8-13-22(21)30(29)26(28)24-18(4)14-17(3)19(5)20(24)6/h7-14H,1-6H3. The van der Waals surface area contributed by atoms with Gasteiger partial charge < -0.3 is 0 Å². The van der Waals surface area contributed by atoms with Gasteiger partial charge in [-0.1, -0.05) is 36.4 Å². The van der Waals surface area contributed by atoms with Crippen LogP contribution in [-0.4, -0.2) is 11.3 Å². The molecule has 0 fully saturated rings. The molecule has 3 aromatic rings. The summed E-state index contributed by atoms with van der Waals surface area (Å²) in [6.07, 6.45) is 0. The number of hydrogen-bond donors (Lipinski definition) is 0. The van der Waals surface area contributed by atoms with Crippen LogP contribution < -0.4 is 5.30 Å². The van der Waals surface area contributed by atoms with Gasteiger partial charge in [-0.3, -0.25) is 14.2 Å². The van der Waals surface area contributed by atoms with Crippen LogP contribution in [0, 0.1) is 41.5 Å². The second-order valence-corrected chi connectivity index (χ2v) is 9.32. The van der Waals surface area contributed by atoms with Crippen LogP contribution in [0.5, 0.6) is 0 Å². The summed E-state index contributed by atoms with van der Waals surface area (Å²) in [5.41, 5.74) is 6.48. The van der Waals surface area contributed by atoms with E-state index in [2.05, 4.69) is 0 Å². The van der Waals surface area contributed by atoms with E-state index >= 15 is 0 Å². The average Bonchev–Trinajstić information content (AvgIpc) is 2.71. The zero-order valence-corrected chi connectivity index (χ0v) is 19.2. The van der Waals surface area contributed by atoms with E-state index in [4.69, 9.17) is 0 Å². The fraction of sp³-hybridized carbons (Fsp3) is 0.231. The van der Waals surface area contributed by atoms with Gasteiger partial charge in [-0.05, 0) is 87.1 Å². The first kappa shape index (κ1) is 21.8. The number of carbonyl (C=O) groups excluding carboxylic acids is 2. The van der Waals surface area contributed by atoms with Gasteiger partial charge >= 0.3 is 0 Å². The molecular formula is C26H26O3P. The Labute approximate surface area is 178 Å². The van der Waals surface area contributed by atoms with E-state index in [9.17, 15) is 14.2 Å². The van der Waals surface area contributed by atoms with Gasteiger partial charge in [-0.15, -0.1) is 0 Å². The van der Waals surface area contributed by atoms with Crippen molar-refractivity contribution in [1.29, 1.82) is 0 Å². The number of carbonyl (C=O) groups is 2. The van der Waals surface area contributed by atoms with Crippen LogP contribution in [0.3, 0.4) is 0 Å². The van der Waals surface area contributed by atoms with Crippen molar-refractivity contribution in [3.8, 4) is 0 Å². The normalized spacial score (nSPS) is 11.3. The third-order valence-corrected chi connectivity index (χ3v) is 7.25. The molecule has 0 N–H and O–H groups in total. The predicted octanol–water partition coefficient (Wildman–Crippen LogP) is 6.06. The molecule has 4 heteroatoms. The molecule has 0 spiro atoms. The maximum absolute atomic E-state index is 13.4. The van der Waals surface area contributed by atoms with Crippen molar-refractivity contribution in [3.63, 3.8) is 0 Å². The summed E-state index contributed by atoms with van der Waals surface area (Å²) in [5.74, 6) is -0.203. The van der Waals surface area contributed by atoms with E-state index < -0.39 is 13.3 Å². The van der Waals surface area contributed by atoms with E-state index in [1.165, 1.54) is 0 Å². The molecule has 0 aromatic heterocycles. The molecule has 0 aliphatic carbocycles. The SMILES string of the molecule is Cc1cc(C)c(C(=O)[P](=O)c2ccccc2C(=O)c2c(C)cccc2C)c(C)c1C. The van der Waals surface area contributed by atoms with Crippen LogP contribution >= 0.6 is 7.80 Å². The molecule has 0 heterocycles. The molecule has 0 saturated carbocycles. The molecular weight excluding hydrogens is 391 g/mol. The van der Waals surface area contributed by atoms with Crippen molar-refractivity contribution in [3.05, 3.63) is 98.6 Å². The van der Waals surface area contributed by atoms with Gasteiger partial charge in [-0.2, -0.15) is 0 Å². The minimum atomic E-state index is -2.44. The summed E-state index contributed by atoms with van der Waals surface area (Å²) in [6, 6.07) is 14.4. The largest absolute Gasteiger partial charge is 0.289 e. The molecule has 0 saturated heterocycles. The van der Waals surface area contributed by atoms with Crippen molar-refractivity contribution >= 4 is 24.4 Å². The Bertz CT molecular complexity index is 1180. The lowest BCUT2D eigenvalue weighted by Crippen LogP contribution is -2.18. The van der Waals surface area contributed by atoms with Gasteiger partial charge in [0.25, 0.3) is 0 Å². The van der Waals surface area contributed by atoms with Crippen LogP contribution in [0.4, 0.5) is 0 Å². The topological polar surface area (TPSA) is 51.2 Å². The van der Waals surface area contributed by atoms with Crippen molar-refractivity contribution in [2.75, 3.05) is 0 Å². The first-order valence-corrected chi connectivity index (χ1v) is 11.2. The molecule has 0 amide bonds. The number of ketones is 1. The highest BCUT2D eigenvalue weighted by atomic mass is 31.1. The van der Waals surface area contributed by atoms with Crippen LogP contribution in [0.2, 0.25) is 0 Å². The van der Waals surface area contributed by atoms with Gasteiger partial charge in [0.1, 0.15) is 0 Å². The second-order valence-electron chi connectivity index (χ2n) is 7.85. The quantitative estimate of drug-likeness (QED) is 0.374. The van der Waals surface area contributed by atoms with Gasteiger partial charge in [0.15, 0.2) is 13.6 Å². The minimum absolute atomic E-state index is 0.203. The van der Waals surface area contributed by atoms with Crippen molar-refractivity contribution in [1.82, 2.24) is 0 Å². The van der Waals surface area contributed by atoms with Crippen LogP contribution in [0.15, 0.2) is 48.5 Å². The molecule has 1 unspecified atom stereocenters. The third-order valence-electron chi connectivity index (χ3n) is 5.83. The van der Waals surface area contributed by atoms with Crippen LogP contribution in [0.25, 0.3) is 0 Å². The molecule has 0 aliphatic rings. The molecule has 1 radical (unpaired) electrons. The average molecular weight is 417 g/mol. The summed E-state index contributed by atoms with van der Waals surface area (Å²) < 4.78 is 13.4. The van der Waals surface area contributed by atoms with E-state index in [0.29, 0.717) is 22.0 Å². The van der Waals surface area contributed by atoms with E-state index in [0.717, 1.165) is 33.4 Å². The van der Waals surface area contributed by atoms with Gasteiger partial charge in [0.2, 0.25) is 5.52 Å². The zero-order valence-electron chi connectivity index (χ0n) is 18.3. The summed E-state index contributed by atoms with van der Waals surface area (Å²) >= 11 is 0. The Morgan fingerprint density at radius 3 is 1.90 bits per heavy atom. The maximum Gasteiger partial charge on any atom is 0.247 e. The van der Waals surface area contributed by atoms with E-state index in [1.807, 2.05) is 65.8 Å². The number of benzene rings is 3. The first-order valence-electron chi connectivity index (χ1n) is 9.94. The Kier molecular flexibility index (Phi) is 6.14. The Morgan fingerprint density at radius 1 is 0.667 bits per heavy atom. The zero-order chi connectivity index (χ0) is 22.2. The Morgan fingerprint density at radius 2 is 1.27 bits per heavy atom. The lowest BCUT2D eigenvalue weighted by atomic mass is 9.95. The summed E-state index contributed by atoms with van der Waals surface area (Å²) in [7, 11) is -2.44. The van der Waals surface area contributed by atoms with Gasteiger partial charge in [0, 0.05) is 16.7 Å². The summed E-state index contributed by atoms with van der Waals surface area (Å²) in [5, 5.41) is 0.294. The van der Waals surface area contributed by atoms with Crippen molar-refractivity contribution in [2.45, 2.75) is 41.5 Å². The fourth-order valence-electron chi connectivity index (χ4n) is 3.97. The van der Waals surface area contributed by atoms with Gasteiger partial charge in [-0.25, -0.2) is 0 Å². The molecule has 0 bridgehead atoms. The highest BCUT2D eigenvalue weighted by Gasteiger charge is 2.27. The van der Waals surface area contributed by atoms with Crippen molar-refractivity contribution in [2.24, 2.45) is 0 Å². The van der Waals surface area contributed by atoms with Gasteiger partial charge in [0.05, 0.1) is 5.30 Å². The first-order chi connectivity index (χ1) is 14.1. The predicted molar refractivity (Wildman–Crippen MR) is 123 cm³/mol. The monoisotopic (exact) mass is 417 g/mol. The highest BCUT2D eigenvalue weighted by molar-refractivity contribution is 7.71. The lowest BCUT2D eigenvalue weighted by Gasteiger charge is -2.15. The second kappa shape index (κ2) is 8.45. The Balaban J connectivity index is 2.11. The van der Waals surface area contributed by atoms with Crippen molar-refractivity contribution < 1.29 is 14.2 Å². The lowest BCUT2D eigenvalue weighted by molar-refractivity contribution is 0.103. The maximum atomic E-state index is 13.4. The Hall–Kier alpha value is -2.90. The molecule has 3 rings (SSSR count). The number of hydrogen-bond acceptors (Lipinski definition) is 3. The number of rotatable bonds is 5. The van der Waals surface area contributed by atoms with E-state index in [-0.39, 0.29) is 5.78 Å². The van der Waals surface area contributed by atoms with Crippen LogP contribution in [-0.2, 0) is 4.57 Å². The minimum Gasteiger partial charge on any atom is -0.289 e. The smallest absolute Gasteiger partial charge is 0.247 e. The molecule has 3 nitrogen and oxygen atoms in total. The third kappa shape index (κ3) is 3.78. The van der Waals surface area contributed by atoms with Crippen LogP contribution in [0.1, 0.15) is 59.7 Å². The summed E-state index contributed by atoms with van der Waals surface area (Å²) in [4.78, 5) is 26.7. The molecule has 153 valence electrons. The summed E-state index contributed by atoms with van der Waals surface area (Å²) in [6.45, 7) is 11.5. The molecule has 1 atom stereocenters. The van der Waals surface area contributed by atoms with E-state index in [1.54, 1.807) is 24.3 Å². The molecule has 0 aliphatic heterocycles. The fourth-order valence-corrected chi connectivity index (χ4v) is 5.36. The molecule has 30 heavy (non-hydrogen) atoms. The molecule has 3 aromatic carbocycles.